The summed E-state index contributed by atoms with van der Waals surface area (Å²) in [6.45, 7) is 7.00. The lowest BCUT2D eigenvalue weighted by Crippen LogP contribution is -2.48. The molecule has 2 heterocycles. The van der Waals surface area contributed by atoms with E-state index in [2.05, 4.69) is 20.8 Å². The van der Waals surface area contributed by atoms with Crippen molar-refractivity contribution in [3.63, 3.8) is 0 Å². The highest BCUT2D eigenvalue weighted by Gasteiger charge is 2.25. The van der Waals surface area contributed by atoms with Gasteiger partial charge in [-0.1, -0.05) is 6.08 Å². The van der Waals surface area contributed by atoms with Crippen molar-refractivity contribution >= 4 is 5.76 Å². The van der Waals surface area contributed by atoms with E-state index in [0.29, 0.717) is 6.61 Å². The van der Waals surface area contributed by atoms with Gasteiger partial charge in [0.25, 0.3) is 0 Å². The highest BCUT2D eigenvalue weighted by Crippen LogP contribution is 2.18. The van der Waals surface area contributed by atoms with Gasteiger partial charge in [-0.3, -0.25) is 0 Å². The lowest BCUT2D eigenvalue weighted by atomic mass is 10.1. The quantitative estimate of drug-likeness (QED) is 0.659. The van der Waals surface area contributed by atoms with Crippen LogP contribution in [0.1, 0.15) is 26.5 Å². The molecule has 3 nitrogen and oxygen atoms in total. The van der Waals surface area contributed by atoms with Gasteiger partial charge in [-0.05, 0) is 12.2 Å². The summed E-state index contributed by atoms with van der Waals surface area (Å²) >= 11 is 0. The molecule has 1 aliphatic rings. The summed E-state index contributed by atoms with van der Waals surface area (Å²) in [5.41, 5.74) is 0.0345. The van der Waals surface area contributed by atoms with Crippen molar-refractivity contribution in [2.45, 2.75) is 26.3 Å². The third kappa shape index (κ3) is 2.12. The van der Waals surface area contributed by atoms with Gasteiger partial charge in [-0.25, -0.2) is 0 Å². The molecule has 80 valence electrons. The van der Waals surface area contributed by atoms with Crippen LogP contribution in [0.2, 0.25) is 0 Å². The van der Waals surface area contributed by atoms with Gasteiger partial charge in [0.2, 0.25) is 12.0 Å². The summed E-state index contributed by atoms with van der Waals surface area (Å²) in [7, 11) is 0. The fraction of sp³-hybridized carbons (Fsp3) is 0.417. The predicted molar refractivity (Wildman–Crippen MR) is 57.0 cm³/mol. The summed E-state index contributed by atoms with van der Waals surface area (Å²) < 4.78 is 13.0. The van der Waals surface area contributed by atoms with E-state index in [4.69, 9.17) is 9.15 Å². The average molecular weight is 206 g/mol. The molecule has 0 saturated carbocycles. The smallest absolute Gasteiger partial charge is 0.335 e. The lowest BCUT2D eigenvalue weighted by Gasteiger charge is -2.08. The lowest BCUT2D eigenvalue weighted by molar-refractivity contribution is -0.756. The highest BCUT2D eigenvalue weighted by atomic mass is 16.5. The van der Waals surface area contributed by atoms with E-state index in [9.17, 15) is 0 Å². The third-order valence-electron chi connectivity index (χ3n) is 2.29. The van der Waals surface area contributed by atoms with Crippen LogP contribution in [0.5, 0.6) is 0 Å². The monoisotopic (exact) mass is 206 g/mol. The molecule has 0 aromatic carbocycles. The summed E-state index contributed by atoms with van der Waals surface area (Å²) in [4.78, 5) is 0. The van der Waals surface area contributed by atoms with E-state index in [0.717, 1.165) is 11.5 Å². The fourth-order valence-electron chi connectivity index (χ4n) is 1.32. The molecule has 0 unspecified atom stereocenters. The molecule has 1 aromatic rings. The van der Waals surface area contributed by atoms with Crippen LogP contribution in [-0.4, -0.2) is 6.61 Å². The van der Waals surface area contributed by atoms with Crippen molar-refractivity contribution in [2.75, 3.05) is 6.61 Å². The normalized spacial score (nSPS) is 16.1. The SMILES string of the molecule is CC(C)(C)[n+]1coc(C2=CC=CCO2)c1. The van der Waals surface area contributed by atoms with Crippen molar-refractivity contribution in [1.29, 1.82) is 0 Å². The van der Waals surface area contributed by atoms with E-state index in [1.54, 1.807) is 6.39 Å². The van der Waals surface area contributed by atoms with Crippen molar-refractivity contribution in [3.8, 4) is 0 Å². The molecule has 0 saturated heterocycles. The molecule has 0 fully saturated rings. The molecule has 3 heteroatoms. The highest BCUT2D eigenvalue weighted by molar-refractivity contribution is 5.56. The Morgan fingerprint density at radius 1 is 1.33 bits per heavy atom. The van der Waals surface area contributed by atoms with Gasteiger partial charge in [0.15, 0.2) is 11.3 Å². The number of ether oxygens (including phenoxy) is 1. The van der Waals surface area contributed by atoms with Gasteiger partial charge in [-0.2, -0.15) is 4.57 Å². The van der Waals surface area contributed by atoms with E-state index < -0.39 is 0 Å². The Balaban J connectivity index is 2.27. The molecule has 0 atom stereocenters. The first-order valence-electron chi connectivity index (χ1n) is 5.07. The van der Waals surface area contributed by atoms with Crippen molar-refractivity contribution in [2.24, 2.45) is 0 Å². The second kappa shape index (κ2) is 3.57. The maximum Gasteiger partial charge on any atom is 0.335 e. The van der Waals surface area contributed by atoms with Gasteiger partial charge in [0, 0.05) is 20.8 Å². The van der Waals surface area contributed by atoms with Crippen LogP contribution >= 0.6 is 0 Å². The second-order valence-corrected chi connectivity index (χ2v) is 4.56. The molecule has 1 aromatic heterocycles. The summed E-state index contributed by atoms with van der Waals surface area (Å²) in [6, 6.07) is 0. The first-order chi connectivity index (χ1) is 7.07. The van der Waals surface area contributed by atoms with Crippen molar-refractivity contribution in [3.05, 3.63) is 36.6 Å². The zero-order valence-electron chi connectivity index (χ0n) is 9.36. The number of rotatable bonds is 1. The van der Waals surface area contributed by atoms with Crippen LogP contribution in [0.25, 0.3) is 5.76 Å². The fourth-order valence-corrected chi connectivity index (χ4v) is 1.32. The van der Waals surface area contributed by atoms with Gasteiger partial charge in [-0.15, -0.1) is 0 Å². The Morgan fingerprint density at radius 2 is 2.13 bits per heavy atom. The van der Waals surface area contributed by atoms with Crippen LogP contribution in [0.4, 0.5) is 0 Å². The number of hydrogen-bond acceptors (Lipinski definition) is 2. The molecule has 0 radical (unpaired) electrons. The molecule has 1 aliphatic heterocycles. The summed E-state index contributed by atoms with van der Waals surface area (Å²) in [5.74, 6) is 1.56. The molecule has 2 rings (SSSR count). The van der Waals surface area contributed by atoms with E-state index in [-0.39, 0.29) is 5.54 Å². The standard InChI is InChI=1S/C12H16NO2/c1-12(2,3)13-8-11(15-9-13)10-6-4-5-7-14-10/h4-6,8-9H,7H2,1-3H3/q+1. The van der Waals surface area contributed by atoms with E-state index >= 15 is 0 Å². The van der Waals surface area contributed by atoms with Crippen molar-refractivity contribution < 1.29 is 13.7 Å². The van der Waals surface area contributed by atoms with Crippen LogP contribution in [0.15, 0.2) is 35.2 Å². The second-order valence-electron chi connectivity index (χ2n) is 4.56. The minimum Gasteiger partial charge on any atom is -0.485 e. The summed E-state index contributed by atoms with van der Waals surface area (Å²) in [5, 5.41) is 0. The molecule has 0 N–H and O–H groups in total. The minimum absolute atomic E-state index is 0.0345. The maximum absolute atomic E-state index is 5.47. The first-order valence-corrected chi connectivity index (χ1v) is 5.07. The number of aromatic nitrogens is 1. The molecule has 0 aliphatic carbocycles. The van der Waals surface area contributed by atoms with E-state index in [1.807, 2.05) is 29.0 Å². The average Bonchev–Trinajstić information content (AvgIpc) is 2.67. The van der Waals surface area contributed by atoms with Gasteiger partial charge in [0.05, 0.1) is 0 Å². The topological polar surface area (TPSA) is 26.2 Å². The van der Waals surface area contributed by atoms with Crippen LogP contribution in [-0.2, 0) is 10.3 Å². The molecule has 0 amide bonds. The Bertz CT molecular complexity index is 408. The zero-order valence-corrected chi connectivity index (χ0v) is 9.36. The molecule has 15 heavy (non-hydrogen) atoms. The third-order valence-corrected chi connectivity index (χ3v) is 2.29. The number of oxazole rings is 1. The molecular weight excluding hydrogens is 190 g/mol. The number of allylic oxidation sites excluding steroid dienone is 2. The largest absolute Gasteiger partial charge is 0.485 e. The van der Waals surface area contributed by atoms with Gasteiger partial charge < -0.3 is 9.15 Å². The maximum atomic E-state index is 5.47. The number of hydrogen-bond donors (Lipinski definition) is 0. The van der Waals surface area contributed by atoms with Crippen LogP contribution in [0.3, 0.4) is 0 Å². The van der Waals surface area contributed by atoms with Gasteiger partial charge >= 0.3 is 6.39 Å². The van der Waals surface area contributed by atoms with Crippen LogP contribution in [0, 0.1) is 0 Å². The summed E-state index contributed by atoms with van der Waals surface area (Å²) in [6.07, 6.45) is 9.53. The Kier molecular flexibility index (Phi) is 2.39. The minimum atomic E-state index is 0.0345. The molecule has 0 spiro atoms. The predicted octanol–water partition coefficient (Wildman–Crippen LogP) is 2.25. The van der Waals surface area contributed by atoms with Crippen molar-refractivity contribution in [1.82, 2.24) is 0 Å². The van der Waals surface area contributed by atoms with E-state index in [1.165, 1.54) is 0 Å². The first kappa shape index (κ1) is 10.0. The number of nitrogens with zero attached hydrogens (tertiary/aromatic N) is 1. The molecular formula is C12H16NO2+. The Morgan fingerprint density at radius 3 is 2.67 bits per heavy atom. The Labute approximate surface area is 89.7 Å². The Hall–Kier alpha value is -1.51. The van der Waals surface area contributed by atoms with Crippen LogP contribution < -0.4 is 4.57 Å². The zero-order chi connectivity index (χ0) is 10.9. The van der Waals surface area contributed by atoms with Gasteiger partial charge in [0.1, 0.15) is 6.61 Å². The molecule has 0 bridgehead atoms.